The Morgan fingerprint density at radius 1 is 1.50 bits per heavy atom. The second kappa shape index (κ2) is 4.30. The summed E-state index contributed by atoms with van der Waals surface area (Å²) in [5.74, 6) is -1.15. The van der Waals surface area contributed by atoms with Crippen LogP contribution in [0.4, 0.5) is 0 Å². The highest BCUT2D eigenvalue weighted by Gasteiger charge is 2.38. The maximum absolute atomic E-state index is 11.7. The summed E-state index contributed by atoms with van der Waals surface area (Å²) in [5.41, 5.74) is -0.149. The van der Waals surface area contributed by atoms with Gasteiger partial charge in [0, 0.05) is 27.2 Å². The lowest BCUT2D eigenvalue weighted by atomic mass is 10.2. The number of carbonyl (C=O) groups is 1. The van der Waals surface area contributed by atoms with Gasteiger partial charge in [-0.05, 0) is 0 Å². The van der Waals surface area contributed by atoms with Crippen molar-refractivity contribution in [2.24, 2.45) is 0 Å². The highest BCUT2D eigenvalue weighted by molar-refractivity contribution is 7.86. The smallest absolute Gasteiger partial charge is 0.358 e. The Balaban J connectivity index is 2.03. The molecule has 1 fully saturated rings. The van der Waals surface area contributed by atoms with Crippen LogP contribution in [0.5, 0.6) is 0 Å². The summed E-state index contributed by atoms with van der Waals surface area (Å²) >= 11 is 0. The van der Waals surface area contributed by atoms with E-state index in [0.717, 1.165) is 4.31 Å². The number of carboxylic acid groups (broad SMARTS) is 1. The normalized spacial score (nSPS) is 17.9. The molecule has 2 rings (SSSR count). The van der Waals surface area contributed by atoms with Crippen LogP contribution in [0.15, 0.2) is 6.20 Å². The molecule has 0 atom stereocenters. The van der Waals surface area contributed by atoms with E-state index in [9.17, 15) is 13.2 Å². The van der Waals surface area contributed by atoms with E-state index in [1.54, 1.807) is 0 Å². The van der Waals surface area contributed by atoms with Crippen molar-refractivity contribution >= 4 is 16.2 Å². The quantitative estimate of drug-likeness (QED) is 0.727. The van der Waals surface area contributed by atoms with E-state index in [1.807, 2.05) is 0 Å². The molecule has 2 heterocycles. The van der Waals surface area contributed by atoms with Crippen LogP contribution in [0.25, 0.3) is 0 Å². The summed E-state index contributed by atoms with van der Waals surface area (Å²) < 4.78 is 27.2. The summed E-state index contributed by atoms with van der Waals surface area (Å²) in [7, 11) is -0.484. The molecule has 1 N–H and O–H groups in total. The number of hydrogen-bond acceptors (Lipinski definition) is 5. The molecule has 0 bridgehead atoms. The standard InChI is InChI=1S/C8H13N5O4S/c1-11(2)18(16,17)12-3-6(4-12)13-5-7(8(14)15)9-10-13/h5-6H,3-4H2,1-2H3,(H,14,15). The number of aromatic nitrogens is 3. The second-order valence-electron chi connectivity index (χ2n) is 4.15. The van der Waals surface area contributed by atoms with E-state index >= 15 is 0 Å². The molecule has 0 radical (unpaired) electrons. The van der Waals surface area contributed by atoms with Gasteiger partial charge in [-0.25, -0.2) is 9.48 Å². The molecule has 1 aliphatic rings. The van der Waals surface area contributed by atoms with Gasteiger partial charge in [-0.3, -0.25) is 0 Å². The van der Waals surface area contributed by atoms with Gasteiger partial charge in [0.25, 0.3) is 10.2 Å². The SMILES string of the molecule is CN(C)S(=O)(=O)N1CC(n2cc(C(=O)O)nn2)C1. The first kappa shape index (κ1) is 12.9. The third kappa shape index (κ3) is 2.09. The van der Waals surface area contributed by atoms with Gasteiger partial charge in [-0.15, -0.1) is 5.10 Å². The first-order valence-corrected chi connectivity index (χ1v) is 6.55. The van der Waals surface area contributed by atoms with E-state index in [4.69, 9.17) is 5.11 Å². The Morgan fingerprint density at radius 2 is 2.11 bits per heavy atom. The predicted molar refractivity (Wildman–Crippen MR) is 60.2 cm³/mol. The van der Waals surface area contributed by atoms with Crippen molar-refractivity contribution in [3.8, 4) is 0 Å². The van der Waals surface area contributed by atoms with E-state index < -0.39 is 16.2 Å². The molecule has 1 aromatic heterocycles. The number of hydrogen-bond donors (Lipinski definition) is 1. The molecule has 9 nitrogen and oxygen atoms in total. The molecule has 18 heavy (non-hydrogen) atoms. The van der Waals surface area contributed by atoms with E-state index in [1.165, 1.54) is 29.3 Å². The predicted octanol–water partition coefficient (Wildman–Crippen LogP) is -1.36. The molecular weight excluding hydrogens is 262 g/mol. The molecule has 0 unspecified atom stereocenters. The molecular formula is C8H13N5O4S. The van der Waals surface area contributed by atoms with E-state index in [0.29, 0.717) is 0 Å². The lowest BCUT2D eigenvalue weighted by molar-refractivity contribution is 0.0690. The van der Waals surface area contributed by atoms with Crippen molar-refractivity contribution in [1.82, 2.24) is 23.6 Å². The lowest BCUT2D eigenvalue weighted by Crippen LogP contribution is -2.54. The molecule has 0 saturated carbocycles. The van der Waals surface area contributed by atoms with Crippen molar-refractivity contribution in [2.45, 2.75) is 6.04 Å². The van der Waals surface area contributed by atoms with Gasteiger partial charge < -0.3 is 5.11 Å². The second-order valence-corrected chi connectivity index (χ2v) is 6.29. The van der Waals surface area contributed by atoms with Gasteiger partial charge in [-0.1, -0.05) is 5.21 Å². The van der Waals surface area contributed by atoms with Gasteiger partial charge >= 0.3 is 5.97 Å². The van der Waals surface area contributed by atoms with Crippen LogP contribution in [-0.4, -0.2) is 70.3 Å². The molecule has 1 aromatic rings. The Hall–Kier alpha value is -1.52. The first-order chi connectivity index (χ1) is 8.32. The van der Waals surface area contributed by atoms with Crippen LogP contribution in [0, 0.1) is 0 Å². The Bertz CT molecular complexity index is 560. The van der Waals surface area contributed by atoms with Crippen LogP contribution in [0.1, 0.15) is 16.5 Å². The van der Waals surface area contributed by atoms with Gasteiger partial charge in [-0.2, -0.15) is 17.0 Å². The fourth-order valence-corrected chi connectivity index (χ4v) is 2.74. The van der Waals surface area contributed by atoms with Crippen molar-refractivity contribution in [3.05, 3.63) is 11.9 Å². The number of nitrogens with zero attached hydrogens (tertiary/aromatic N) is 5. The monoisotopic (exact) mass is 275 g/mol. The highest BCUT2D eigenvalue weighted by Crippen LogP contribution is 2.24. The Morgan fingerprint density at radius 3 is 2.56 bits per heavy atom. The Labute approximate surface area is 104 Å². The summed E-state index contributed by atoms with van der Waals surface area (Å²) in [6, 6.07) is -0.166. The molecule has 0 spiro atoms. The van der Waals surface area contributed by atoms with Crippen LogP contribution in [0.2, 0.25) is 0 Å². The minimum absolute atomic E-state index is 0.149. The molecule has 1 aliphatic heterocycles. The zero-order valence-corrected chi connectivity index (χ0v) is 10.7. The summed E-state index contributed by atoms with van der Waals surface area (Å²) in [4.78, 5) is 10.6. The Kier molecular flexibility index (Phi) is 3.09. The highest BCUT2D eigenvalue weighted by atomic mass is 32.2. The summed E-state index contributed by atoms with van der Waals surface area (Å²) in [5, 5.41) is 15.8. The van der Waals surface area contributed by atoms with Gasteiger partial charge in [0.05, 0.1) is 12.2 Å². The number of aromatic carboxylic acids is 1. The van der Waals surface area contributed by atoms with Crippen molar-refractivity contribution in [2.75, 3.05) is 27.2 Å². The van der Waals surface area contributed by atoms with Gasteiger partial charge in [0.2, 0.25) is 0 Å². The van der Waals surface area contributed by atoms with Crippen LogP contribution in [0.3, 0.4) is 0 Å². The van der Waals surface area contributed by atoms with E-state index in [2.05, 4.69) is 10.3 Å². The third-order valence-corrected chi connectivity index (χ3v) is 4.59. The molecule has 1 saturated heterocycles. The topological polar surface area (TPSA) is 109 Å². The molecule has 0 aliphatic carbocycles. The molecule has 100 valence electrons. The van der Waals surface area contributed by atoms with Gasteiger partial charge in [0.1, 0.15) is 0 Å². The van der Waals surface area contributed by atoms with Crippen LogP contribution < -0.4 is 0 Å². The first-order valence-electron chi connectivity index (χ1n) is 5.15. The molecule has 0 amide bonds. The largest absolute Gasteiger partial charge is 0.476 e. The van der Waals surface area contributed by atoms with Crippen molar-refractivity contribution < 1.29 is 18.3 Å². The van der Waals surface area contributed by atoms with E-state index in [-0.39, 0.29) is 24.8 Å². The summed E-state index contributed by atoms with van der Waals surface area (Å²) in [6.07, 6.45) is 1.30. The van der Waals surface area contributed by atoms with Crippen LogP contribution >= 0.6 is 0 Å². The summed E-state index contributed by atoms with van der Waals surface area (Å²) in [6.45, 7) is 0.534. The fourth-order valence-electron chi connectivity index (χ4n) is 1.56. The number of carboxylic acids is 1. The van der Waals surface area contributed by atoms with Crippen molar-refractivity contribution in [3.63, 3.8) is 0 Å². The maximum atomic E-state index is 11.7. The fraction of sp³-hybridized carbons (Fsp3) is 0.625. The average Bonchev–Trinajstić information content (AvgIpc) is 2.63. The number of rotatable bonds is 4. The molecule has 10 heteroatoms. The third-order valence-electron chi connectivity index (χ3n) is 2.72. The zero-order valence-electron chi connectivity index (χ0n) is 9.89. The lowest BCUT2D eigenvalue weighted by Gasteiger charge is -2.38. The average molecular weight is 275 g/mol. The minimum atomic E-state index is -3.40. The van der Waals surface area contributed by atoms with Crippen molar-refractivity contribution in [1.29, 1.82) is 0 Å². The maximum Gasteiger partial charge on any atom is 0.358 e. The minimum Gasteiger partial charge on any atom is -0.476 e. The zero-order chi connectivity index (χ0) is 13.5. The van der Waals surface area contributed by atoms with Crippen LogP contribution in [-0.2, 0) is 10.2 Å². The van der Waals surface area contributed by atoms with Gasteiger partial charge in [0.15, 0.2) is 5.69 Å². The molecule has 0 aromatic carbocycles.